The molecule has 1 heterocycles. The van der Waals surface area contributed by atoms with Crippen molar-refractivity contribution in [3.8, 4) is 0 Å². The van der Waals surface area contributed by atoms with E-state index < -0.39 is 0 Å². The summed E-state index contributed by atoms with van der Waals surface area (Å²) in [5.41, 5.74) is 1.33. The lowest BCUT2D eigenvalue weighted by Gasteiger charge is -2.04. The minimum atomic E-state index is 0.00357. The third-order valence-electron chi connectivity index (χ3n) is 2.08. The van der Waals surface area contributed by atoms with E-state index in [1.165, 1.54) is 6.92 Å². The van der Waals surface area contributed by atoms with Crippen LogP contribution in [0.15, 0.2) is 6.20 Å². The second-order valence-electron chi connectivity index (χ2n) is 3.29. The Balaban J connectivity index is 2.69. The number of carbonyl (C=O) groups excluding carboxylic acids is 1. The van der Waals surface area contributed by atoms with Gasteiger partial charge in [0.25, 0.3) is 0 Å². The fraction of sp³-hybridized carbons (Fsp3) is 0.545. The number of aryl methyl sites for hydroxylation is 1. The molecule has 0 N–H and O–H groups in total. The van der Waals surface area contributed by atoms with Gasteiger partial charge in [0, 0.05) is 19.2 Å². The molecule has 0 amide bonds. The molecule has 0 atom stereocenters. The normalized spacial score (nSPS) is 10.3. The lowest BCUT2D eigenvalue weighted by atomic mass is 10.2. The molecule has 0 aliphatic carbocycles. The smallest absolute Gasteiger partial charge is 0.163 e. The Morgan fingerprint density at radius 3 is 2.80 bits per heavy atom. The standard InChI is InChI=1S/C11H16N2O2/c1-4-15-6-5-11-12-7-10(9(3)14)8(2)13-11/h7H,4-6H2,1-3H3. The molecule has 82 valence electrons. The molecular weight excluding hydrogens is 192 g/mol. The molecular formula is C11H16N2O2. The number of nitrogens with zero attached hydrogens (tertiary/aromatic N) is 2. The molecule has 1 aromatic rings. The molecule has 0 bridgehead atoms. The predicted octanol–water partition coefficient (Wildman–Crippen LogP) is 1.57. The van der Waals surface area contributed by atoms with Crippen LogP contribution in [0.3, 0.4) is 0 Å². The summed E-state index contributed by atoms with van der Waals surface area (Å²) in [6.07, 6.45) is 2.28. The lowest BCUT2D eigenvalue weighted by molar-refractivity contribution is 0.101. The first-order valence-electron chi connectivity index (χ1n) is 5.06. The van der Waals surface area contributed by atoms with Crippen molar-refractivity contribution in [1.29, 1.82) is 0 Å². The zero-order chi connectivity index (χ0) is 11.3. The Labute approximate surface area is 89.7 Å². The van der Waals surface area contributed by atoms with Gasteiger partial charge in [-0.2, -0.15) is 0 Å². The molecule has 15 heavy (non-hydrogen) atoms. The molecule has 0 radical (unpaired) electrons. The minimum Gasteiger partial charge on any atom is -0.381 e. The maximum absolute atomic E-state index is 11.1. The van der Waals surface area contributed by atoms with Crippen molar-refractivity contribution in [3.63, 3.8) is 0 Å². The number of hydrogen-bond acceptors (Lipinski definition) is 4. The highest BCUT2D eigenvalue weighted by atomic mass is 16.5. The summed E-state index contributed by atoms with van der Waals surface area (Å²) in [4.78, 5) is 19.5. The van der Waals surface area contributed by atoms with Crippen LogP contribution < -0.4 is 0 Å². The zero-order valence-electron chi connectivity index (χ0n) is 9.41. The molecule has 0 spiro atoms. The topological polar surface area (TPSA) is 52.1 Å². The summed E-state index contributed by atoms with van der Waals surface area (Å²) in [5.74, 6) is 0.731. The first-order chi connectivity index (χ1) is 7.15. The van der Waals surface area contributed by atoms with Crippen LogP contribution in [-0.4, -0.2) is 29.0 Å². The highest BCUT2D eigenvalue weighted by Crippen LogP contribution is 2.05. The van der Waals surface area contributed by atoms with E-state index in [4.69, 9.17) is 4.74 Å². The number of ketones is 1. The first-order valence-corrected chi connectivity index (χ1v) is 5.06. The average molecular weight is 208 g/mol. The Hall–Kier alpha value is -1.29. The summed E-state index contributed by atoms with van der Waals surface area (Å²) in [6.45, 7) is 6.61. The Morgan fingerprint density at radius 1 is 1.53 bits per heavy atom. The van der Waals surface area contributed by atoms with E-state index in [2.05, 4.69) is 9.97 Å². The number of ether oxygens (including phenoxy) is 1. The van der Waals surface area contributed by atoms with Crippen LogP contribution in [0.5, 0.6) is 0 Å². The predicted molar refractivity (Wildman–Crippen MR) is 57.0 cm³/mol. The van der Waals surface area contributed by atoms with Crippen molar-refractivity contribution in [2.24, 2.45) is 0 Å². The van der Waals surface area contributed by atoms with Gasteiger partial charge in [0.05, 0.1) is 17.9 Å². The first kappa shape index (κ1) is 11.8. The largest absolute Gasteiger partial charge is 0.381 e. The summed E-state index contributed by atoms with van der Waals surface area (Å²) in [6, 6.07) is 0. The number of carbonyl (C=O) groups is 1. The van der Waals surface area contributed by atoms with E-state index >= 15 is 0 Å². The van der Waals surface area contributed by atoms with E-state index in [1.54, 1.807) is 6.20 Å². The van der Waals surface area contributed by atoms with Crippen LogP contribution >= 0.6 is 0 Å². The molecule has 1 rings (SSSR count). The van der Waals surface area contributed by atoms with Crippen LogP contribution in [-0.2, 0) is 11.2 Å². The zero-order valence-corrected chi connectivity index (χ0v) is 9.41. The molecule has 0 saturated carbocycles. The van der Waals surface area contributed by atoms with Gasteiger partial charge >= 0.3 is 0 Å². The lowest BCUT2D eigenvalue weighted by Crippen LogP contribution is -2.07. The maximum atomic E-state index is 11.1. The Bertz CT molecular complexity index is 350. The van der Waals surface area contributed by atoms with E-state index in [0.717, 1.165) is 11.5 Å². The van der Waals surface area contributed by atoms with Gasteiger partial charge in [0.1, 0.15) is 5.82 Å². The third kappa shape index (κ3) is 3.40. The molecule has 4 nitrogen and oxygen atoms in total. The minimum absolute atomic E-state index is 0.00357. The van der Waals surface area contributed by atoms with Gasteiger partial charge in [0.15, 0.2) is 5.78 Å². The van der Waals surface area contributed by atoms with Crippen molar-refractivity contribution in [1.82, 2.24) is 9.97 Å². The third-order valence-corrected chi connectivity index (χ3v) is 2.08. The van der Waals surface area contributed by atoms with Gasteiger partial charge in [0.2, 0.25) is 0 Å². The molecule has 0 aromatic carbocycles. The fourth-order valence-corrected chi connectivity index (χ4v) is 1.29. The summed E-state index contributed by atoms with van der Waals surface area (Å²) in [5, 5.41) is 0. The van der Waals surface area contributed by atoms with Crippen molar-refractivity contribution in [3.05, 3.63) is 23.3 Å². The van der Waals surface area contributed by atoms with Gasteiger partial charge in [-0.05, 0) is 20.8 Å². The summed E-state index contributed by atoms with van der Waals surface area (Å²) < 4.78 is 5.21. The van der Waals surface area contributed by atoms with E-state index in [1.807, 2.05) is 13.8 Å². The van der Waals surface area contributed by atoms with Crippen LogP contribution in [0.4, 0.5) is 0 Å². The molecule has 0 fully saturated rings. The van der Waals surface area contributed by atoms with Gasteiger partial charge in [-0.25, -0.2) is 9.97 Å². The van der Waals surface area contributed by atoms with E-state index in [0.29, 0.717) is 25.2 Å². The second kappa shape index (κ2) is 5.56. The highest BCUT2D eigenvalue weighted by Gasteiger charge is 2.06. The van der Waals surface area contributed by atoms with Crippen LogP contribution in [0.2, 0.25) is 0 Å². The van der Waals surface area contributed by atoms with Crippen LogP contribution in [0, 0.1) is 6.92 Å². The Kier molecular flexibility index (Phi) is 4.37. The molecule has 0 aliphatic rings. The van der Waals surface area contributed by atoms with Gasteiger partial charge < -0.3 is 4.74 Å². The molecule has 0 aliphatic heterocycles. The number of Topliss-reactive ketones (excluding diaryl/α,β-unsaturated/α-hetero) is 1. The van der Waals surface area contributed by atoms with Crippen molar-refractivity contribution in [2.75, 3.05) is 13.2 Å². The molecule has 0 unspecified atom stereocenters. The van der Waals surface area contributed by atoms with Crippen molar-refractivity contribution >= 4 is 5.78 Å². The monoisotopic (exact) mass is 208 g/mol. The Morgan fingerprint density at radius 2 is 2.27 bits per heavy atom. The molecule has 0 saturated heterocycles. The fourth-order valence-electron chi connectivity index (χ4n) is 1.29. The highest BCUT2D eigenvalue weighted by molar-refractivity contribution is 5.94. The van der Waals surface area contributed by atoms with E-state index in [-0.39, 0.29) is 5.78 Å². The number of hydrogen-bond donors (Lipinski definition) is 0. The van der Waals surface area contributed by atoms with Crippen molar-refractivity contribution < 1.29 is 9.53 Å². The van der Waals surface area contributed by atoms with Crippen LogP contribution in [0.1, 0.15) is 35.7 Å². The quantitative estimate of drug-likeness (QED) is 0.544. The van der Waals surface area contributed by atoms with Gasteiger partial charge in [-0.1, -0.05) is 0 Å². The number of rotatable bonds is 5. The maximum Gasteiger partial charge on any atom is 0.163 e. The SMILES string of the molecule is CCOCCc1ncc(C(C)=O)c(C)n1. The summed E-state index contributed by atoms with van der Waals surface area (Å²) in [7, 11) is 0. The van der Waals surface area contributed by atoms with Gasteiger partial charge in [-0.15, -0.1) is 0 Å². The van der Waals surface area contributed by atoms with E-state index in [9.17, 15) is 4.79 Å². The second-order valence-corrected chi connectivity index (χ2v) is 3.29. The van der Waals surface area contributed by atoms with Crippen molar-refractivity contribution in [2.45, 2.75) is 27.2 Å². The molecule has 4 heteroatoms. The summed E-state index contributed by atoms with van der Waals surface area (Å²) >= 11 is 0. The van der Waals surface area contributed by atoms with Crippen LogP contribution in [0.25, 0.3) is 0 Å². The number of aromatic nitrogens is 2. The van der Waals surface area contributed by atoms with Gasteiger partial charge in [-0.3, -0.25) is 4.79 Å². The molecule has 1 aromatic heterocycles. The average Bonchev–Trinajstić information content (AvgIpc) is 2.17.